The molecule has 2 N–H and O–H groups in total. The van der Waals surface area contributed by atoms with E-state index in [0.29, 0.717) is 4.47 Å². The normalized spacial score (nSPS) is 12.3. The zero-order valence-electron chi connectivity index (χ0n) is 7.46. The molecule has 1 rings (SSSR count). The molecule has 0 aliphatic heterocycles. The van der Waals surface area contributed by atoms with Crippen LogP contribution in [0, 0.1) is 5.82 Å². The molecule has 5 heteroatoms. The Labute approximate surface area is 89.2 Å². The summed E-state index contributed by atoms with van der Waals surface area (Å²) < 4.78 is 18.3. The van der Waals surface area contributed by atoms with Crippen LogP contribution in [0.2, 0.25) is 0 Å². The van der Waals surface area contributed by atoms with Crippen LogP contribution in [0.15, 0.2) is 22.7 Å². The summed E-state index contributed by atoms with van der Waals surface area (Å²) in [5.41, 5.74) is 5.60. The minimum atomic E-state index is -1.08. The lowest BCUT2D eigenvalue weighted by Crippen LogP contribution is -2.23. The van der Waals surface area contributed by atoms with Gasteiger partial charge in [0.1, 0.15) is 11.9 Å². The van der Waals surface area contributed by atoms with E-state index in [9.17, 15) is 9.18 Å². The van der Waals surface area contributed by atoms with Crippen LogP contribution in [0.4, 0.5) is 4.39 Å². The van der Waals surface area contributed by atoms with Crippen molar-refractivity contribution < 1.29 is 13.9 Å². The molecule has 76 valence electrons. The molecule has 0 radical (unpaired) electrons. The average Bonchev–Trinajstić information content (AvgIpc) is 2.15. The Balaban J connectivity index is 3.01. The zero-order chi connectivity index (χ0) is 10.7. The second-order valence-electron chi connectivity index (χ2n) is 2.67. The van der Waals surface area contributed by atoms with Gasteiger partial charge in [-0.15, -0.1) is 0 Å². The molecule has 0 fully saturated rings. The first-order valence-electron chi connectivity index (χ1n) is 3.84. The van der Waals surface area contributed by atoms with Crippen molar-refractivity contribution in [3.05, 3.63) is 34.1 Å². The third-order valence-electron chi connectivity index (χ3n) is 1.75. The van der Waals surface area contributed by atoms with Crippen LogP contribution in [-0.4, -0.2) is 13.1 Å². The summed E-state index contributed by atoms with van der Waals surface area (Å²) in [4.78, 5) is 11.0. The maximum absolute atomic E-state index is 13.3. The number of carbonyl (C=O) groups is 1. The molecule has 1 aromatic carbocycles. The molecule has 0 aliphatic rings. The first kappa shape index (κ1) is 11.1. The predicted octanol–water partition coefficient (Wildman–Crippen LogP) is 1.76. The highest BCUT2D eigenvalue weighted by molar-refractivity contribution is 9.10. The van der Waals surface area contributed by atoms with Crippen LogP contribution in [-0.2, 0) is 9.53 Å². The van der Waals surface area contributed by atoms with Gasteiger partial charge >= 0.3 is 5.97 Å². The van der Waals surface area contributed by atoms with E-state index in [1.807, 2.05) is 0 Å². The van der Waals surface area contributed by atoms with Crippen molar-refractivity contribution >= 4 is 21.9 Å². The third-order valence-corrected chi connectivity index (χ3v) is 2.25. The van der Waals surface area contributed by atoms with Crippen molar-refractivity contribution in [3.63, 3.8) is 0 Å². The van der Waals surface area contributed by atoms with Crippen LogP contribution < -0.4 is 5.73 Å². The topological polar surface area (TPSA) is 52.3 Å². The van der Waals surface area contributed by atoms with E-state index in [1.165, 1.54) is 19.2 Å². The molecular formula is C9H9BrFNO2. The Morgan fingerprint density at radius 2 is 2.29 bits per heavy atom. The van der Waals surface area contributed by atoms with Crippen LogP contribution in [0.3, 0.4) is 0 Å². The van der Waals surface area contributed by atoms with Crippen molar-refractivity contribution in [2.45, 2.75) is 6.04 Å². The lowest BCUT2D eigenvalue weighted by molar-refractivity contribution is -0.142. The van der Waals surface area contributed by atoms with Crippen molar-refractivity contribution in [1.29, 1.82) is 0 Å². The van der Waals surface area contributed by atoms with E-state index in [0.717, 1.165) is 0 Å². The lowest BCUT2D eigenvalue weighted by atomic mass is 10.1. The molecule has 3 nitrogen and oxygen atoms in total. The van der Waals surface area contributed by atoms with E-state index in [1.54, 1.807) is 6.07 Å². The van der Waals surface area contributed by atoms with Crippen molar-refractivity contribution in [2.24, 2.45) is 5.73 Å². The number of ether oxygens (including phenoxy) is 1. The van der Waals surface area contributed by atoms with Gasteiger partial charge < -0.3 is 10.5 Å². The van der Waals surface area contributed by atoms with Crippen LogP contribution in [0.5, 0.6) is 0 Å². The maximum atomic E-state index is 13.3. The summed E-state index contributed by atoms with van der Waals surface area (Å²) >= 11 is 3.10. The quantitative estimate of drug-likeness (QED) is 0.826. The molecule has 14 heavy (non-hydrogen) atoms. The Morgan fingerprint density at radius 3 is 2.79 bits per heavy atom. The molecular weight excluding hydrogens is 253 g/mol. The Kier molecular flexibility index (Phi) is 3.60. The maximum Gasteiger partial charge on any atom is 0.327 e. The first-order chi connectivity index (χ1) is 6.56. The average molecular weight is 262 g/mol. The second kappa shape index (κ2) is 4.52. The lowest BCUT2D eigenvalue weighted by Gasteiger charge is -2.10. The van der Waals surface area contributed by atoms with E-state index >= 15 is 0 Å². The summed E-state index contributed by atoms with van der Waals surface area (Å²) in [5.74, 6) is -1.19. The first-order valence-corrected chi connectivity index (χ1v) is 4.64. The molecule has 0 saturated heterocycles. The Morgan fingerprint density at radius 1 is 1.64 bits per heavy atom. The SMILES string of the molecule is COC(=O)C(N)c1ccc(Br)cc1F. The Bertz CT molecular complexity index is 357. The molecule has 0 aromatic heterocycles. The van der Waals surface area contributed by atoms with Gasteiger partial charge in [0.25, 0.3) is 0 Å². The molecule has 0 amide bonds. The number of halogens is 2. The summed E-state index contributed by atoms with van der Waals surface area (Å²) in [7, 11) is 1.21. The highest BCUT2D eigenvalue weighted by Crippen LogP contribution is 2.20. The largest absolute Gasteiger partial charge is 0.468 e. The third kappa shape index (κ3) is 2.30. The standard InChI is InChI=1S/C9H9BrFNO2/c1-14-9(13)8(12)6-3-2-5(10)4-7(6)11/h2-4,8H,12H2,1H3. The summed E-state index contributed by atoms with van der Waals surface area (Å²) in [6.07, 6.45) is 0. The number of nitrogens with two attached hydrogens (primary N) is 1. The van der Waals surface area contributed by atoms with E-state index < -0.39 is 17.8 Å². The van der Waals surface area contributed by atoms with Crippen molar-refractivity contribution in [2.75, 3.05) is 7.11 Å². The minimum absolute atomic E-state index is 0.125. The van der Waals surface area contributed by atoms with Crippen LogP contribution >= 0.6 is 15.9 Å². The van der Waals surface area contributed by atoms with Crippen molar-refractivity contribution in [3.8, 4) is 0 Å². The van der Waals surface area contributed by atoms with Crippen LogP contribution in [0.25, 0.3) is 0 Å². The van der Waals surface area contributed by atoms with Gasteiger partial charge in [-0.05, 0) is 12.1 Å². The summed E-state index contributed by atoms with van der Waals surface area (Å²) in [6.45, 7) is 0. The fourth-order valence-corrected chi connectivity index (χ4v) is 1.34. The molecule has 1 unspecified atom stereocenters. The predicted molar refractivity (Wildman–Crippen MR) is 53.0 cm³/mol. The van der Waals surface area contributed by atoms with E-state index in [-0.39, 0.29) is 5.56 Å². The fourth-order valence-electron chi connectivity index (χ4n) is 1.01. The summed E-state index contributed by atoms with van der Waals surface area (Å²) in [5, 5.41) is 0. The highest BCUT2D eigenvalue weighted by atomic mass is 79.9. The smallest absolute Gasteiger partial charge is 0.327 e. The van der Waals surface area contributed by atoms with Gasteiger partial charge in [-0.1, -0.05) is 22.0 Å². The zero-order valence-corrected chi connectivity index (χ0v) is 9.05. The molecule has 0 spiro atoms. The van der Waals surface area contributed by atoms with Gasteiger partial charge in [0.2, 0.25) is 0 Å². The molecule has 0 bridgehead atoms. The van der Waals surface area contributed by atoms with Gasteiger partial charge in [-0.3, -0.25) is 4.79 Å². The highest BCUT2D eigenvalue weighted by Gasteiger charge is 2.19. The minimum Gasteiger partial charge on any atom is -0.468 e. The number of rotatable bonds is 2. The van der Waals surface area contributed by atoms with Gasteiger partial charge in [0, 0.05) is 10.0 Å². The molecule has 1 atom stereocenters. The van der Waals surface area contributed by atoms with Crippen molar-refractivity contribution in [1.82, 2.24) is 0 Å². The Hall–Kier alpha value is -0.940. The van der Waals surface area contributed by atoms with Gasteiger partial charge in [0.15, 0.2) is 0 Å². The molecule has 0 heterocycles. The molecule has 1 aromatic rings. The van der Waals surface area contributed by atoms with Crippen LogP contribution in [0.1, 0.15) is 11.6 Å². The number of methoxy groups -OCH3 is 1. The van der Waals surface area contributed by atoms with Gasteiger partial charge in [-0.2, -0.15) is 0 Å². The van der Waals surface area contributed by atoms with Gasteiger partial charge in [0.05, 0.1) is 7.11 Å². The number of benzene rings is 1. The second-order valence-corrected chi connectivity index (χ2v) is 3.58. The number of hydrogen-bond acceptors (Lipinski definition) is 3. The fraction of sp³-hybridized carbons (Fsp3) is 0.222. The summed E-state index contributed by atoms with van der Waals surface area (Å²) in [6, 6.07) is 3.23. The molecule has 0 saturated carbocycles. The molecule has 0 aliphatic carbocycles. The number of esters is 1. The number of hydrogen-bond donors (Lipinski definition) is 1. The van der Waals surface area contributed by atoms with E-state index in [4.69, 9.17) is 5.73 Å². The number of carbonyl (C=O) groups excluding carboxylic acids is 1. The monoisotopic (exact) mass is 261 g/mol. The van der Waals surface area contributed by atoms with E-state index in [2.05, 4.69) is 20.7 Å². The van der Waals surface area contributed by atoms with Gasteiger partial charge in [-0.25, -0.2) is 4.39 Å².